The van der Waals surface area contributed by atoms with Crippen molar-refractivity contribution in [2.45, 2.75) is 31.6 Å². The van der Waals surface area contributed by atoms with E-state index in [4.69, 9.17) is 0 Å². The summed E-state index contributed by atoms with van der Waals surface area (Å²) in [4.78, 5) is 15.9. The molecule has 0 radical (unpaired) electrons. The number of carbonyl (C=O) groups is 1. The molecule has 14 heteroatoms. The number of aromatic nitrogens is 1. The summed E-state index contributed by atoms with van der Waals surface area (Å²) in [5.41, 5.74) is -1.93. The Morgan fingerprint density at radius 1 is 1.00 bits per heavy atom. The Balaban J connectivity index is 2.21. The van der Waals surface area contributed by atoms with Gasteiger partial charge >= 0.3 is 18.7 Å². The van der Waals surface area contributed by atoms with Crippen LogP contribution in [0.4, 0.5) is 45.2 Å². The number of halogens is 9. The fraction of sp³-hybridized carbons (Fsp3) is 0.333. The van der Waals surface area contributed by atoms with E-state index in [1.54, 1.807) is 0 Å². The summed E-state index contributed by atoms with van der Waals surface area (Å²) in [6.07, 6.45) is -14.7. The van der Waals surface area contributed by atoms with Crippen LogP contribution in [0.25, 0.3) is 0 Å². The van der Waals surface area contributed by atoms with Crippen molar-refractivity contribution in [2.75, 3.05) is 11.9 Å². The predicted molar refractivity (Wildman–Crippen MR) is 91.0 cm³/mol. The fourth-order valence-corrected chi connectivity index (χ4v) is 2.27. The number of anilines is 1. The lowest BCUT2D eigenvalue weighted by atomic mass is 10.0. The van der Waals surface area contributed by atoms with Crippen LogP contribution in [0.15, 0.2) is 36.4 Å². The Morgan fingerprint density at radius 2 is 1.59 bits per heavy atom. The van der Waals surface area contributed by atoms with Gasteiger partial charge in [-0.05, 0) is 37.3 Å². The van der Waals surface area contributed by atoms with Crippen LogP contribution in [0.3, 0.4) is 0 Å². The van der Waals surface area contributed by atoms with Crippen LogP contribution in [0.5, 0.6) is 11.6 Å². The highest BCUT2D eigenvalue weighted by Gasteiger charge is 2.34. The van der Waals surface area contributed by atoms with Crippen LogP contribution in [-0.4, -0.2) is 30.0 Å². The largest absolute Gasteiger partial charge is 0.573 e. The standard InChI is InChI=1S/C18H13F9N2O3/c1-9(15(30)28-11-2-4-12(5-3-11)32-18(25,26)27)13-6-10(17(22,23)24)7-14(29-13)31-8-16(19,20)21/h2-7,9H,8H2,1H3,(H,28,30). The summed E-state index contributed by atoms with van der Waals surface area (Å²) in [5.74, 6) is -3.88. The number of nitrogens with one attached hydrogen (secondary N) is 1. The van der Waals surface area contributed by atoms with Gasteiger partial charge in [0, 0.05) is 11.8 Å². The topological polar surface area (TPSA) is 60.5 Å². The third-order valence-electron chi connectivity index (χ3n) is 3.73. The van der Waals surface area contributed by atoms with Gasteiger partial charge in [0.25, 0.3) is 0 Å². The fourth-order valence-electron chi connectivity index (χ4n) is 2.27. The minimum Gasteiger partial charge on any atom is -0.468 e. The van der Waals surface area contributed by atoms with Crippen LogP contribution in [0, 0.1) is 0 Å². The molecule has 5 nitrogen and oxygen atoms in total. The number of amides is 1. The second kappa shape index (κ2) is 9.12. The normalized spacial score (nSPS) is 13.4. The van der Waals surface area contributed by atoms with Crippen molar-refractivity contribution >= 4 is 11.6 Å². The van der Waals surface area contributed by atoms with E-state index in [1.807, 2.05) is 0 Å². The van der Waals surface area contributed by atoms with E-state index in [2.05, 4.69) is 19.8 Å². The van der Waals surface area contributed by atoms with Gasteiger partial charge in [-0.25, -0.2) is 4.98 Å². The van der Waals surface area contributed by atoms with Gasteiger partial charge in [0.05, 0.1) is 17.2 Å². The Hall–Kier alpha value is -3.19. The zero-order valence-electron chi connectivity index (χ0n) is 15.8. The molecule has 0 aliphatic carbocycles. The first-order valence-electron chi connectivity index (χ1n) is 8.49. The van der Waals surface area contributed by atoms with Crippen LogP contribution in [0.1, 0.15) is 24.1 Å². The van der Waals surface area contributed by atoms with Gasteiger partial charge in [0.15, 0.2) is 6.61 Å². The first-order chi connectivity index (χ1) is 14.5. The van der Waals surface area contributed by atoms with Crippen LogP contribution in [-0.2, 0) is 11.0 Å². The van der Waals surface area contributed by atoms with E-state index >= 15 is 0 Å². The van der Waals surface area contributed by atoms with Crippen molar-refractivity contribution < 1.29 is 53.8 Å². The zero-order chi connectivity index (χ0) is 24.3. The molecular formula is C18H13F9N2O3. The number of rotatable bonds is 6. The van der Waals surface area contributed by atoms with Crippen molar-refractivity contribution in [1.29, 1.82) is 0 Å². The first-order valence-corrected chi connectivity index (χ1v) is 8.49. The Morgan fingerprint density at radius 3 is 2.09 bits per heavy atom. The van der Waals surface area contributed by atoms with Gasteiger partial charge < -0.3 is 14.8 Å². The molecule has 0 saturated heterocycles. The molecule has 1 atom stereocenters. The summed E-state index contributed by atoms with van der Waals surface area (Å²) in [6, 6.07) is 4.61. The Kier molecular flexibility index (Phi) is 7.15. The van der Waals surface area contributed by atoms with Crippen LogP contribution >= 0.6 is 0 Å². The van der Waals surface area contributed by atoms with E-state index in [9.17, 15) is 44.3 Å². The summed E-state index contributed by atoms with van der Waals surface area (Å²) >= 11 is 0. The number of ether oxygens (including phenoxy) is 2. The maximum atomic E-state index is 13.1. The number of hydrogen-bond donors (Lipinski definition) is 1. The summed E-state index contributed by atoms with van der Waals surface area (Å²) in [7, 11) is 0. The molecule has 0 aliphatic heterocycles. The quantitative estimate of drug-likeness (QED) is 0.545. The van der Waals surface area contributed by atoms with E-state index in [0.717, 1.165) is 31.2 Å². The zero-order valence-corrected chi connectivity index (χ0v) is 15.8. The Bertz CT molecular complexity index is 939. The van der Waals surface area contributed by atoms with Crippen molar-refractivity contribution in [3.05, 3.63) is 47.7 Å². The third kappa shape index (κ3) is 7.81. The van der Waals surface area contributed by atoms with Crippen molar-refractivity contribution in [1.82, 2.24) is 4.98 Å². The highest BCUT2D eigenvalue weighted by molar-refractivity contribution is 5.95. The van der Waals surface area contributed by atoms with Crippen LogP contribution < -0.4 is 14.8 Å². The molecule has 0 aliphatic rings. The summed E-state index contributed by atoms with van der Waals surface area (Å²) in [6.45, 7) is -0.764. The minimum absolute atomic E-state index is 0.0168. The van der Waals surface area contributed by atoms with E-state index in [-0.39, 0.29) is 11.8 Å². The lowest BCUT2D eigenvalue weighted by molar-refractivity contribution is -0.274. The highest BCUT2D eigenvalue weighted by Crippen LogP contribution is 2.34. The number of nitrogens with zero attached hydrogens (tertiary/aromatic N) is 1. The maximum absolute atomic E-state index is 13.1. The van der Waals surface area contributed by atoms with Gasteiger partial charge in [-0.15, -0.1) is 13.2 Å². The smallest absolute Gasteiger partial charge is 0.468 e. The van der Waals surface area contributed by atoms with Gasteiger partial charge in [-0.2, -0.15) is 26.3 Å². The molecule has 1 heterocycles. The average Bonchev–Trinajstić information content (AvgIpc) is 2.64. The number of alkyl halides is 9. The van der Waals surface area contributed by atoms with E-state index in [1.165, 1.54) is 0 Å². The lowest BCUT2D eigenvalue weighted by Gasteiger charge is -2.17. The molecule has 1 aromatic carbocycles. The molecule has 176 valence electrons. The highest BCUT2D eigenvalue weighted by atomic mass is 19.4. The molecule has 1 unspecified atom stereocenters. The number of pyridine rings is 1. The number of benzene rings is 1. The van der Waals surface area contributed by atoms with Crippen molar-refractivity contribution in [3.8, 4) is 11.6 Å². The molecule has 0 saturated carbocycles. The molecule has 1 amide bonds. The number of carbonyl (C=O) groups excluding carboxylic acids is 1. The molecule has 0 spiro atoms. The summed E-state index contributed by atoms with van der Waals surface area (Å²) in [5, 5.41) is 2.25. The number of hydrogen-bond acceptors (Lipinski definition) is 4. The molecule has 32 heavy (non-hydrogen) atoms. The molecule has 1 aromatic heterocycles. The molecule has 1 N–H and O–H groups in total. The van der Waals surface area contributed by atoms with E-state index in [0.29, 0.717) is 6.07 Å². The predicted octanol–water partition coefficient (Wildman–Crippen LogP) is 5.68. The minimum atomic E-state index is -4.96. The van der Waals surface area contributed by atoms with Crippen LogP contribution in [0.2, 0.25) is 0 Å². The first kappa shape index (κ1) is 25.1. The third-order valence-corrected chi connectivity index (χ3v) is 3.73. The molecule has 2 aromatic rings. The van der Waals surface area contributed by atoms with Gasteiger partial charge in [0.1, 0.15) is 5.75 Å². The van der Waals surface area contributed by atoms with Gasteiger partial charge in [-0.3, -0.25) is 4.79 Å². The molecule has 2 rings (SSSR count). The average molecular weight is 476 g/mol. The second-order valence-electron chi connectivity index (χ2n) is 6.30. The van der Waals surface area contributed by atoms with Gasteiger partial charge in [-0.1, -0.05) is 0 Å². The molecule has 0 fully saturated rings. The monoisotopic (exact) mass is 476 g/mol. The maximum Gasteiger partial charge on any atom is 0.573 e. The second-order valence-corrected chi connectivity index (χ2v) is 6.30. The molecular weight excluding hydrogens is 463 g/mol. The summed E-state index contributed by atoms with van der Waals surface area (Å²) < 4.78 is 121. The molecule has 0 bridgehead atoms. The van der Waals surface area contributed by atoms with Crippen molar-refractivity contribution in [3.63, 3.8) is 0 Å². The SMILES string of the molecule is CC(C(=O)Nc1ccc(OC(F)(F)F)cc1)c1cc(C(F)(F)F)cc(OCC(F)(F)F)n1. The van der Waals surface area contributed by atoms with E-state index < -0.39 is 60.0 Å². The van der Waals surface area contributed by atoms with Crippen molar-refractivity contribution in [2.24, 2.45) is 0 Å². The lowest BCUT2D eigenvalue weighted by Crippen LogP contribution is -2.22. The van der Waals surface area contributed by atoms with Gasteiger partial charge in [0.2, 0.25) is 11.8 Å². The Labute approximate surface area is 174 Å².